The fourth-order valence-electron chi connectivity index (χ4n) is 3.77. The molecule has 0 radical (unpaired) electrons. The van der Waals surface area contributed by atoms with Crippen LogP contribution in [0.4, 0.5) is 4.39 Å². The van der Waals surface area contributed by atoms with E-state index in [1.165, 1.54) is 22.5 Å². The number of hydrogen-bond donors (Lipinski definition) is 1. The second-order valence-corrected chi connectivity index (χ2v) is 10.1. The van der Waals surface area contributed by atoms with E-state index in [1.807, 2.05) is 13.8 Å². The monoisotopic (exact) mass is 424 g/mol. The third-order valence-electron chi connectivity index (χ3n) is 5.20. The Morgan fingerprint density at radius 1 is 1.25 bits per heavy atom. The van der Waals surface area contributed by atoms with E-state index in [0.717, 1.165) is 30.6 Å². The molecule has 1 aliphatic heterocycles. The van der Waals surface area contributed by atoms with Gasteiger partial charge < -0.3 is 5.32 Å². The summed E-state index contributed by atoms with van der Waals surface area (Å²) < 4.78 is 41.6. The van der Waals surface area contributed by atoms with Crippen molar-refractivity contribution in [3.63, 3.8) is 0 Å². The lowest BCUT2D eigenvalue weighted by molar-refractivity contribution is 0.0940. The summed E-state index contributed by atoms with van der Waals surface area (Å²) in [5.41, 5.74) is 0.618. The van der Waals surface area contributed by atoms with Crippen molar-refractivity contribution >= 4 is 27.3 Å². The molecule has 3 atom stereocenters. The molecule has 0 unspecified atom stereocenters. The Kier molecular flexibility index (Phi) is 6.21. The molecule has 152 valence electrons. The normalized spacial score (nSPS) is 22.0. The first-order valence-corrected chi connectivity index (χ1v) is 11.7. The summed E-state index contributed by atoms with van der Waals surface area (Å²) in [5.74, 6) is -0.853. The van der Waals surface area contributed by atoms with E-state index >= 15 is 0 Å². The third kappa shape index (κ3) is 4.14. The molecule has 0 aliphatic carbocycles. The molecule has 1 aromatic carbocycles. The lowest BCUT2D eigenvalue weighted by atomic mass is 10.0. The molecule has 28 heavy (non-hydrogen) atoms. The maximum atomic E-state index is 13.4. The van der Waals surface area contributed by atoms with Crippen molar-refractivity contribution in [3.05, 3.63) is 52.0 Å². The maximum Gasteiger partial charge on any atom is 0.263 e. The molecule has 2 aromatic rings. The highest BCUT2D eigenvalue weighted by atomic mass is 32.2. The van der Waals surface area contributed by atoms with Crippen molar-refractivity contribution in [1.29, 1.82) is 0 Å². The van der Waals surface area contributed by atoms with Crippen LogP contribution in [0.5, 0.6) is 0 Å². The Morgan fingerprint density at radius 3 is 2.57 bits per heavy atom. The number of hydrogen-bond acceptors (Lipinski definition) is 4. The third-order valence-corrected chi connectivity index (χ3v) is 8.41. The molecule has 5 nitrogen and oxygen atoms in total. The molecule has 1 aliphatic rings. The number of halogens is 1. The summed E-state index contributed by atoms with van der Waals surface area (Å²) in [6.45, 7) is 5.56. The first kappa shape index (κ1) is 21.0. The van der Waals surface area contributed by atoms with Crippen molar-refractivity contribution in [2.45, 2.75) is 63.1 Å². The molecule has 1 saturated heterocycles. The summed E-state index contributed by atoms with van der Waals surface area (Å²) in [7, 11) is -3.78. The van der Waals surface area contributed by atoms with Crippen molar-refractivity contribution in [3.8, 4) is 0 Å². The number of carbonyl (C=O) groups is 1. The summed E-state index contributed by atoms with van der Waals surface area (Å²) >= 11 is 1.10. The Morgan fingerprint density at radius 2 is 1.93 bits per heavy atom. The zero-order valence-corrected chi connectivity index (χ0v) is 17.8. The Hall–Kier alpha value is -1.77. The molecule has 1 amide bonds. The predicted octanol–water partition coefficient (Wildman–Crippen LogP) is 4.33. The summed E-state index contributed by atoms with van der Waals surface area (Å²) in [6, 6.07) is 6.83. The highest BCUT2D eigenvalue weighted by Crippen LogP contribution is 2.33. The van der Waals surface area contributed by atoms with Gasteiger partial charge in [0.25, 0.3) is 5.91 Å². The van der Waals surface area contributed by atoms with Crippen LogP contribution < -0.4 is 5.32 Å². The Labute approximate surface area is 169 Å². The second kappa shape index (κ2) is 8.31. The van der Waals surface area contributed by atoms with E-state index in [4.69, 9.17) is 0 Å². The molecule has 1 N–H and O–H groups in total. The molecule has 0 bridgehead atoms. The first-order chi connectivity index (χ1) is 13.2. The van der Waals surface area contributed by atoms with Gasteiger partial charge in [-0.2, -0.15) is 4.31 Å². The van der Waals surface area contributed by atoms with Crippen LogP contribution in [0.1, 0.15) is 61.3 Å². The van der Waals surface area contributed by atoms with Gasteiger partial charge in [-0.15, -0.1) is 11.3 Å². The molecule has 1 fully saturated rings. The maximum absolute atomic E-state index is 13.4. The van der Waals surface area contributed by atoms with Crippen molar-refractivity contribution in [1.82, 2.24) is 9.62 Å². The number of piperidine rings is 1. The number of nitrogens with one attached hydrogen (secondary N) is 1. The fraction of sp³-hybridized carbons (Fsp3) is 0.450. The van der Waals surface area contributed by atoms with Gasteiger partial charge in [0.1, 0.15) is 15.6 Å². The van der Waals surface area contributed by atoms with E-state index in [2.05, 4.69) is 5.32 Å². The first-order valence-electron chi connectivity index (χ1n) is 9.39. The minimum Gasteiger partial charge on any atom is -0.345 e. The number of thiophene rings is 1. The largest absolute Gasteiger partial charge is 0.345 e. The SMILES string of the molecule is C[C@H](NC(=O)c1sccc1S(=O)(=O)N1[C@H](C)CCC[C@@H]1C)c1cccc(F)c1. The number of carbonyl (C=O) groups excluding carboxylic acids is 1. The van der Waals surface area contributed by atoms with E-state index in [-0.39, 0.29) is 27.7 Å². The Bertz CT molecular complexity index is 948. The van der Waals surface area contributed by atoms with Gasteiger partial charge in [-0.3, -0.25) is 4.79 Å². The zero-order chi connectivity index (χ0) is 20.5. The van der Waals surface area contributed by atoms with Crippen molar-refractivity contribution in [2.24, 2.45) is 0 Å². The van der Waals surface area contributed by atoms with E-state index in [9.17, 15) is 17.6 Å². The topological polar surface area (TPSA) is 66.5 Å². The van der Waals surface area contributed by atoms with Gasteiger partial charge in [0.15, 0.2) is 0 Å². The van der Waals surface area contributed by atoms with Crippen LogP contribution >= 0.6 is 11.3 Å². The summed E-state index contributed by atoms with van der Waals surface area (Å²) in [4.78, 5) is 13.0. The number of sulfonamides is 1. The molecule has 0 saturated carbocycles. The number of benzene rings is 1. The quantitative estimate of drug-likeness (QED) is 0.777. The lowest BCUT2D eigenvalue weighted by Crippen LogP contribution is -2.47. The molecular weight excluding hydrogens is 399 g/mol. The average molecular weight is 425 g/mol. The molecule has 8 heteroatoms. The zero-order valence-electron chi connectivity index (χ0n) is 16.2. The minimum atomic E-state index is -3.78. The van der Waals surface area contributed by atoms with E-state index in [0.29, 0.717) is 5.56 Å². The van der Waals surface area contributed by atoms with E-state index < -0.39 is 22.0 Å². The number of nitrogens with zero attached hydrogens (tertiary/aromatic N) is 1. The van der Waals surface area contributed by atoms with Gasteiger partial charge in [-0.25, -0.2) is 12.8 Å². The van der Waals surface area contributed by atoms with Gasteiger partial charge in [0.05, 0.1) is 6.04 Å². The molecular formula is C20H25FN2O3S2. The molecule has 2 heterocycles. The van der Waals surface area contributed by atoms with Crippen LogP contribution in [0.25, 0.3) is 0 Å². The van der Waals surface area contributed by atoms with Crippen LogP contribution in [0.2, 0.25) is 0 Å². The number of amides is 1. The van der Waals surface area contributed by atoms with Gasteiger partial charge in [0.2, 0.25) is 10.0 Å². The predicted molar refractivity (Wildman–Crippen MR) is 108 cm³/mol. The Balaban J connectivity index is 1.85. The smallest absolute Gasteiger partial charge is 0.263 e. The van der Waals surface area contributed by atoms with Crippen LogP contribution in [-0.2, 0) is 10.0 Å². The number of rotatable bonds is 5. The van der Waals surface area contributed by atoms with Gasteiger partial charge in [-0.1, -0.05) is 18.6 Å². The van der Waals surface area contributed by atoms with Gasteiger partial charge >= 0.3 is 0 Å². The van der Waals surface area contributed by atoms with Crippen LogP contribution in [-0.4, -0.2) is 30.7 Å². The summed E-state index contributed by atoms with van der Waals surface area (Å²) in [5, 5.41) is 4.40. The summed E-state index contributed by atoms with van der Waals surface area (Å²) in [6.07, 6.45) is 2.62. The average Bonchev–Trinajstić information content (AvgIpc) is 3.12. The molecule has 3 rings (SSSR count). The highest BCUT2D eigenvalue weighted by molar-refractivity contribution is 7.89. The second-order valence-electron chi connectivity index (χ2n) is 7.33. The lowest BCUT2D eigenvalue weighted by Gasteiger charge is -2.37. The fourth-order valence-corrected chi connectivity index (χ4v) is 6.96. The van der Waals surface area contributed by atoms with Crippen LogP contribution in [0.3, 0.4) is 0 Å². The van der Waals surface area contributed by atoms with Gasteiger partial charge in [-0.05, 0) is 62.8 Å². The highest BCUT2D eigenvalue weighted by Gasteiger charge is 2.38. The van der Waals surface area contributed by atoms with Crippen LogP contribution in [0.15, 0.2) is 40.6 Å². The molecule has 1 aromatic heterocycles. The van der Waals surface area contributed by atoms with Crippen molar-refractivity contribution in [2.75, 3.05) is 0 Å². The van der Waals surface area contributed by atoms with Crippen LogP contribution in [0, 0.1) is 5.82 Å². The standard InChI is InChI=1S/C20H25FN2O3S2/c1-13-6-4-7-14(2)23(13)28(25,26)18-10-11-27-19(18)20(24)22-15(3)16-8-5-9-17(21)12-16/h5,8-15H,4,6-7H2,1-3H3,(H,22,24)/t13-,14+,15-/m0/s1. The van der Waals surface area contributed by atoms with Crippen molar-refractivity contribution < 1.29 is 17.6 Å². The van der Waals surface area contributed by atoms with E-state index in [1.54, 1.807) is 24.4 Å². The van der Waals surface area contributed by atoms with Gasteiger partial charge in [0, 0.05) is 12.1 Å². The minimum absolute atomic E-state index is 0.0436. The molecule has 0 spiro atoms.